The minimum atomic E-state index is -1.32. The maximum atomic E-state index is 11.5. The monoisotopic (exact) mass is 280 g/mol. The first-order chi connectivity index (χ1) is 9.52. The van der Waals surface area contributed by atoms with Crippen molar-refractivity contribution in [1.29, 1.82) is 0 Å². The number of aliphatic carboxylic acids is 1. The van der Waals surface area contributed by atoms with Crippen LogP contribution in [0.4, 0.5) is 4.79 Å². The Morgan fingerprint density at radius 1 is 1.25 bits per heavy atom. The van der Waals surface area contributed by atoms with Gasteiger partial charge in [0.05, 0.1) is 6.42 Å². The predicted molar refractivity (Wildman–Crippen MR) is 69.9 cm³/mol. The molecule has 0 radical (unpaired) electrons. The van der Waals surface area contributed by atoms with Crippen molar-refractivity contribution in [3.63, 3.8) is 0 Å². The van der Waals surface area contributed by atoms with E-state index in [-0.39, 0.29) is 13.0 Å². The molecule has 108 valence electrons. The molecule has 0 aliphatic heterocycles. The molecule has 0 aromatic heterocycles. The van der Waals surface area contributed by atoms with Crippen LogP contribution in [0.3, 0.4) is 0 Å². The van der Waals surface area contributed by atoms with Crippen molar-refractivity contribution < 1.29 is 24.2 Å². The Hall–Kier alpha value is -2.57. The van der Waals surface area contributed by atoms with E-state index in [9.17, 15) is 14.4 Å². The zero-order valence-electron chi connectivity index (χ0n) is 11.0. The van der Waals surface area contributed by atoms with Crippen molar-refractivity contribution >= 4 is 18.0 Å². The molecule has 0 heterocycles. The minimum Gasteiger partial charge on any atom is -0.480 e. The van der Waals surface area contributed by atoms with Gasteiger partial charge in [-0.15, -0.1) is 0 Å². The van der Waals surface area contributed by atoms with Gasteiger partial charge in [-0.05, 0) is 5.56 Å². The lowest BCUT2D eigenvalue weighted by Gasteiger charge is -2.13. The molecule has 20 heavy (non-hydrogen) atoms. The lowest BCUT2D eigenvalue weighted by molar-refractivity contribution is -0.141. The van der Waals surface area contributed by atoms with E-state index < -0.39 is 24.0 Å². The number of alkyl carbamates (subject to hydrolysis) is 1. The SMILES string of the molecule is CNC(=O)CC(NC(=O)OCc1ccccc1)C(=O)O. The second kappa shape index (κ2) is 7.78. The van der Waals surface area contributed by atoms with Crippen LogP contribution in [0.15, 0.2) is 30.3 Å². The van der Waals surface area contributed by atoms with E-state index in [2.05, 4.69) is 10.6 Å². The molecule has 0 aliphatic carbocycles. The van der Waals surface area contributed by atoms with E-state index >= 15 is 0 Å². The van der Waals surface area contributed by atoms with Gasteiger partial charge in [0.2, 0.25) is 5.91 Å². The number of hydrogen-bond donors (Lipinski definition) is 3. The lowest BCUT2D eigenvalue weighted by Crippen LogP contribution is -2.43. The number of carbonyl (C=O) groups is 3. The highest BCUT2D eigenvalue weighted by Crippen LogP contribution is 2.01. The van der Waals surface area contributed by atoms with Crippen LogP contribution >= 0.6 is 0 Å². The summed E-state index contributed by atoms with van der Waals surface area (Å²) in [4.78, 5) is 33.5. The van der Waals surface area contributed by atoms with Gasteiger partial charge in [0.25, 0.3) is 0 Å². The summed E-state index contributed by atoms with van der Waals surface area (Å²) in [7, 11) is 1.38. The van der Waals surface area contributed by atoms with Crippen molar-refractivity contribution in [3.8, 4) is 0 Å². The molecule has 7 heteroatoms. The first kappa shape index (κ1) is 15.5. The van der Waals surface area contributed by atoms with Crippen LogP contribution in [0.1, 0.15) is 12.0 Å². The standard InChI is InChI=1S/C13H16N2O5/c1-14-11(16)7-10(12(17)18)15-13(19)20-8-9-5-3-2-4-6-9/h2-6,10H,7-8H2,1H3,(H,14,16)(H,15,19)(H,17,18). The fourth-order valence-electron chi connectivity index (χ4n) is 1.39. The number of ether oxygens (including phenoxy) is 1. The number of nitrogens with one attached hydrogen (secondary N) is 2. The Labute approximate surface area is 115 Å². The molecule has 1 aromatic rings. The van der Waals surface area contributed by atoms with Gasteiger partial charge in [-0.2, -0.15) is 0 Å². The minimum absolute atomic E-state index is 0.0268. The molecule has 1 rings (SSSR count). The molecule has 1 atom stereocenters. The van der Waals surface area contributed by atoms with Gasteiger partial charge in [-0.1, -0.05) is 30.3 Å². The fourth-order valence-corrected chi connectivity index (χ4v) is 1.39. The molecule has 0 saturated carbocycles. The summed E-state index contributed by atoms with van der Waals surface area (Å²) in [6, 6.07) is 7.63. The molecule has 1 unspecified atom stereocenters. The summed E-state index contributed by atoms with van der Waals surface area (Å²) < 4.78 is 4.88. The van der Waals surface area contributed by atoms with Gasteiger partial charge >= 0.3 is 12.1 Å². The van der Waals surface area contributed by atoms with Crippen molar-refractivity contribution in [2.24, 2.45) is 0 Å². The maximum absolute atomic E-state index is 11.5. The molecule has 1 aromatic carbocycles. The van der Waals surface area contributed by atoms with E-state index in [0.717, 1.165) is 5.56 Å². The van der Waals surface area contributed by atoms with Gasteiger partial charge in [0.1, 0.15) is 12.6 Å². The van der Waals surface area contributed by atoms with E-state index in [0.29, 0.717) is 0 Å². The molecular formula is C13H16N2O5. The highest BCUT2D eigenvalue weighted by Gasteiger charge is 2.23. The average Bonchev–Trinajstić information content (AvgIpc) is 2.45. The highest BCUT2D eigenvalue weighted by molar-refractivity contribution is 5.86. The van der Waals surface area contributed by atoms with E-state index in [1.54, 1.807) is 24.3 Å². The van der Waals surface area contributed by atoms with Gasteiger partial charge < -0.3 is 20.5 Å². The molecule has 0 bridgehead atoms. The Morgan fingerprint density at radius 2 is 1.90 bits per heavy atom. The predicted octanol–water partition coefficient (Wildman–Crippen LogP) is 0.502. The average molecular weight is 280 g/mol. The quantitative estimate of drug-likeness (QED) is 0.704. The summed E-state index contributed by atoms with van der Waals surface area (Å²) in [5, 5.41) is 13.3. The normalized spacial score (nSPS) is 11.2. The fraction of sp³-hybridized carbons (Fsp3) is 0.308. The maximum Gasteiger partial charge on any atom is 0.408 e. The molecular weight excluding hydrogens is 264 g/mol. The Kier molecular flexibility index (Phi) is 6.02. The number of hydrogen-bond acceptors (Lipinski definition) is 4. The molecule has 0 fully saturated rings. The molecule has 3 N–H and O–H groups in total. The zero-order chi connectivity index (χ0) is 15.0. The van der Waals surface area contributed by atoms with Crippen molar-refractivity contribution in [2.75, 3.05) is 7.05 Å². The molecule has 7 nitrogen and oxygen atoms in total. The molecule has 2 amide bonds. The van der Waals surface area contributed by atoms with Crippen LogP contribution in [-0.4, -0.2) is 36.2 Å². The number of carboxylic acids is 1. The van der Waals surface area contributed by atoms with E-state index in [1.165, 1.54) is 7.05 Å². The summed E-state index contributed by atoms with van der Waals surface area (Å²) in [6.07, 6.45) is -1.24. The van der Waals surface area contributed by atoms with Crippen molar-refractivity contribution in [2.45, 2.75) is 19.1 Å². The van der Waals surface area contributed by atoms with Crippen LogP contribution < -0.4 is 10.6 Å². The van der Waals surface area contributed by atoms with Crippen LogP contribution in [0.25, 0.3) is 0 Å². The smallest absolute Gasteiger partial charge is 0.408 e. The summed E-state index contributed by atoms with van der Waals surface area (Å²) in [5.41, 5.74) is 0.779. The van der Waals surface area contributed by atoms with Crippen LogP contribution in [0.5, 0.6) is 0 Å². The Morgan fingerprint density at radius 3 is 2.45 bits per heavy atom. The Bertz CT molecular complexity index is 475. The molecule has 0 spiro atoms. The van der Waals surface area contributed by atoms with Crippen LogP contribution in [-0.2, 0) is 20.9 Å². The molecule has 0 saturated heterocycles. The third-order valence-corrected chi connectivity index (χ3v) is 2.47. The first-order valence-electron chi connectivity index (χ1n) is 5.93. The van der Waals surface area contributed by atoms with Gasteiger partial charge in [-0.3, -0.25) is 4.79 Å². The number of carbonyl (C=O) groups excluding carboxylic acids is 2. The summed E-state index contributed by atoms with van der Waals surface area (Å²) in [6.45, 7) is 0.0268. The summed E-state index contributed by atoms with van der Waals surface area (Å²) >= 11 is 0. The zero-order valence-corrected chi connectivity index (χ0v) is 11.0. The largest absolute Gasteiger partial charge is 0.480 e. The van der Waals surface area contributed by atoms with Crippen LogP contribution in [0.2, 0.25) is 0 Å². The molecule has 0 aliphatic rings. The number of amides is 2. The van der Waals surface area contributed by atoms with E-state index in [1.807, 2.05) is 6.07 Å². The topological polar surface area (TPSA) is 105 Å². The highest BCUT2D eigenvalue weighted by atomic mass is 16.5. The van der Waals surface area contributed by atoms with Crippen molar-refractivity contribution in [1.82, 2.24) is 10.6 Å². The number of carboxylic acid groups (broad SMARTS) is 1. The van der Waals surface area contributed by atoms with E-state index in [4.69, 9.17) is 9.84 Å². The Balaban J connectivity index is 2.46. The third kappa shape index (κ3) is 5.38. The third-order valence-electron chi connectivity index (χ3n) is 2.47. The second-order valence-corrected chi connectivity index (χ2v) is 3.97. The lowest BCUT2D eigenvalue weighted by atomic mass is 10.2. The number of rotatable bonds is 6. The summed E-state index contributed by atoms with van der Waals surface area (Å²) in [5.74, 6) is -1.79. The number of benzene rings is 1. The van der Waals surface area contributed by atoms with Gasteiger partial charge in [-0.25, -0.2) is 9.59 Å². The first-order valence-corrected chi connectivity index (χ1v) is 5.93. The van der Waals surface area contributed by atoms with Crippen LogP contribution in [0, 0.1) is 0 Å². The van der Waals surface area contributed by atoms with Gasteiger partial charge in [0, 0.05) is 7.05 Å². The van der Waals surface area contributed by atoms with Gasteiger partial charge in [0.15, 0.2) is 0 Å². The van der Waals surface area contributed by atoms with Crippen molar-refractivity contribution in [3.05, 3.63) is 35.9 Å². The second-order valence-electron chi connectivity index (χ2n) is 3.97.